The number of unbranched alkanes of at least 4 members (excludes halogenated alkanes) is 1. The molecule has 0 saturated carbocycles. The second kappa shape index (κ2) is 7.39. The molecule has 2 heteroatoms. The van der Waals surface area contributed by atoms with Crippen LogP contribution in [0.1, 0.15) is 24.8 Å². The van der Waals surface area contributed by atoms with Crippen LogP contribution in [0.15, 0.2) is 24.3 Å². The van der Waals surface area contributed by atoms with Gasteiger partial charge in [-0.3, -0.25) is 0 Å². The average molecular weight is 296 g/mol. The predicted molar refractivity (Wildman–Crippen MR) is 73.7 cm³/mol. The SMILES string of the molecule is C#CC(Br)CCCC#Cc1ccc(Cl)cc1. The van der Waals surface area contributed by atoms with E-state index in [-0.39, 0.29) is 4.83 Å². The number of hydrogen-bond donors (Lipinski definition) is 0. The Bertz CT molecular complexity index is 417. The summed E-state index contributed by atoms with van der Waals surface area (Å²) in [5.41, 5.74) is 0.997. The minimum atomic E-state index is 0.171. The minimum absolute atomic E-state index is 0.171. The Morgan fingerprint density at radius 2 is 2.00 bits per heavy atom. The molecular weight excluding hydrogens is 284 g/mol. The molecule has 0 aliphatic carbocycles. The maximum atomic E-state index is 5.77. The largest absolute Gasteiger partial charge is 0.119 e. The molecule has 0 heterocycles. The third-order valence-electron chi connectivity index (χ3n) is 2.02. The molecule has 0 aromatic heterocycles. The van der Waals surface area contributed by atoms with Crippen molar-refractivity contribution >= 4 is 27.5 Å². The Hall–Kier alpha value is -0.890. The van der Waals surface area contributed by atoms with E-state index >= 15 is 0 Å². The quantitative estimate of drug-likeness (QED) is 0.444. The van der Waals surface area contributed by atoms with Crippen molar-refractivity contribution in [2.24, 2.45) is 0 Å². The molecule has 0 aliphatic rings. The van der Waals surface area contributed by atoms with Crippen molar-refractivity contribution < 1.29 is 0 Å². The second-order valence-electron chi connectivity index (χ2n) is 3.34. The van der Waals surface area contributed by atoms with E-state index in [0.29, 0.717) is 0 Å². The summed E-state index contributed by atoms with van der Waals surface area (Å²) in [6, 6.07) is 7.53. The normalized spacial score (nSPS) is 11.1. The number of hydrogen-bond acceptors (Lipinski definition) is 0. The van der Waals surface area contributed by atoms with E-state index in [1.807, 2.05) is 24.3 Å². The number of benzene rings is 1. The Labute approximate surface area is 111 Å². The van der Waals surface area contributed by atoms with Crippen LogP contribution in [-0.2, 0) is 0 Å². The first-order valence-corrected chi connectivity index (χ1v) is 6.36. The minimum Gasteiger partial charge on any atom is -0.119 e. The topological polar surface area (TPSA) is 0 Å². The van der Waals surface area contributed by atoms with E-state index in [0.717, 1.165) is 29.8 Å². The van der Waals surface area contributed by atoms with E-state index in [2.05, 4.69) is 33.7 Å². The van der Waals surface area contributed by atoms with Crippen molar-refractivity contribution in [2.45, 2.75) is 24.1 Å². The van der Waals surface area contributed by atoms with Gasteiger partial charge in [0.05, 0.1) is 4.83 Å². The van der Waals surface area contributed by atoms with Crippen LogP contribution in [0.5, 0.6) is 0 Å². The molecule has 0 aliphatic heterocycles. The molecule has 1 rings (SSSR count). The molecule has 0 spiro atoms. The third kappa shape index (κ3) is 5.26. The fourth-order valence-electron chi connectivity index (χ4n) is 1.15. The van der Waals surface area contributed by atoms with E-state index in [9.17, 15) is 0 Å². The number of terminal acetylenes is 1. The van der Waals surface area contributed by atoms with Gasteiger partial charge in [-0.15, -0.1) is 6.42 Å². The predicted octanol–water partition coefficient (Wildman–Crippen LogP) is 4.26. The van der Waals surface area contributed by atoms with Gasteiger partial charge in [0.15, 0.2) is 0 Å². The Balaban J connectivity index is 2.33. The van der Waals surface area contributed by atoms with Gasteiger partial charge in [0, 0.05) is 17.0 Å². The third-order valence-corrected chi connectivity index (χ3v) is 2.99. The Morgan fingerprint density at radius 3 is 2.62 bits per heavy atom. The highest BCUT2D eigenvalue weighted by molar-refractivity contribution is 9.09. The van der Waals surface area contributed by atoms with Gasteiger partial charge in [-0.1, -0.05) is 45.3 Å². The number of rotatable bonds is 3. The molecule has 16 heavy (non-hydrogen) atoms. The van der Waals surface area contributed by atoms with Crippen molar-refractivity contribution in [3.05, 3.63) is 34.9 Å². The second-order valence-corrected chi connectivity index (χ2v) is 4.88. The lowest BCUT2D eigenvalue weighted by Gasteiger charge is -1.97. The molecule has 0 bridgehead atoms. The van der Waals surface area contributed by atoms with Crippen LogP contribution in [0.3, 0.4) is 0 Å². The van der Waals surface area contributed by atoms with Crippen LogP contribution >= 0.6 is 27.5 Å². The van der Waals surface area contributed by atoms with Gasteiger partial charge in [0.25, 0.3) is 0 Å². The molecule has 1 atom stereocenters. The highest BCUT2D eigenvalue weighted by Gasteiger charge is 1.96. The Morgan fingerprint density at radius 1 is 1.31 bits per heavy atom. The summed E-state index contributed by atoms with van der Waals surface area (Å²) in [7, 11) is 0. The molecule has 0 fully saturated rings. The molecule has 0 amide bonds. The molecule has 0 saturated heterocycles. The summed E-state index contributed by atoms with van der Waals surface area (Å²) in [5.74, 6) is 8.84. The summed E-state index contributed by atoms with van der Waals surface area (Å²) in [4.78, 5) is 0.171. The molecule has 1 aromatic rings. The van der Waals surface area contributed by atoms with Crippen molar-refractivity contribution in [2.75, 3.05) is 0 Å². The van der Waals surface area contributed by atoms with Crippen LogP contribution in [0.4, 0.5) is 0 Å². The lowest BCUT2D eigenvalue weighted by Crippen LogP contribution is -1.91. The first-order valence-electron chi connectivity index (χ1n) is 5.07. The summed E-state index contributed by atoms with van der Waals surface area (Å²) in [6.07, 6.45) is 8.09. The van der Waals surface area contributed by atoms with Crippen molar-refractivity contribution in [3.63, 3.8) is 0 Å². The number of alkyl halides is 1. The average Bonchev–Trinajstić information content (AvgIpc) is 2.31. The zero-order chi connectivity index (χ0) is 11.8. The summed E-state index contributed by atoms with van der Waals surface area (Å²) in [6.45, 7) is 0. The van der Waals surface area contributed by atoms with E-state index in [4.69, 9.17) is 18.0 Å². The first-order chi connectivity index (χ1) is 7.72. The first kappa shape index (κ1) is 13.2. The van der Waals surface area contributed by atoms with Gasteiger partial charge in [0.2, 0.25) is 0 Å². The van der Waals surface area contributed by atoms with Crippen LogP contribution in [0.25, 0.3) is 0 Å². The fraction of sp³-hybridized carbons (Fsp3) is 0.286. The van der Waals surface area contributed by atoms with Crippen LogP contribution in [0, 0.1) is 24.2 Å². The van der Waals surface area contributed by atoms with Crippen molar-refractivity contribution in [1.29, 1.82) is 0 Å². The summed E-state index contributed by atoms with van der Waals surface area (Å²) >= 11 is 9.16. The lowest BCUT2D eigenvalue weighted by atomic mass is 10.2. The monoisotopic (exact) mass is 294 g/mol. The maximum Gasteiger partial charge on any atom is 0.0752 e. The lowest BCUT2D eigenvalue weighted by molar-refractivity contribution is 0.799. The highest BCUT2D eigenvalue weighted by Crippen LogP contribution is 2.09. The van der Waals surface area contributed by atoms with E-state index in [1.165, 1.54) is 0 Å². The highest BCUT2D eigenvalue weighted by atomic mass is 79.9. The van der Waals surface area contributed by atoms with Crippen LogP contribution < -0.4 is 0 Å². The fourth-order valence-corrected chi connectivity index (χ4v) is 1.60. The van der Waals surface area contributed by atoms with Crippen molar-refractivity contribution in [1.82, 2.24) is 0 Å². The molecule has 0 nitrogen and oxygen atoms in total. The standard InChI is InChI=1S/C14H12BrCl/c1-2-13(15)7-5-3-4-6-12-8-10-14(16)11-9-12/h1,8-11,13H,3,5,7H2. The summed E-state index contributed by atoms with van der Waals surface area (Å²) < 4.78 is 0. The van der Waals surface area contributed by atoms with Crippen molar-refractivity contribution in [3.8, 4) is 24.2 Å². The maximum absolute atomic E-state index is 5.77. The summed E-state index contributed by atoms with van der Waals surface area (Å²) in [5, 5.41) is 0.738. The van der Waals surface area contributed by atoms with Gasteiger partial charge in [-0.25, -0.2) is 0 Å². The Kier molecular flexibility index (Phi) is 6.09. The molecule has 0 N–H and O–H groups in total. The molecule has 0 radical (unpaired) electrons. The van der Waals surface area contributed by atoms with E-state index in [1.54, 1.807) is 0 Å². The van der Waals surface area contributed by atoms with Gasteiger partial charge in [-0.2, -0.15) is 0 Å². The van der Waals surface area contributed by atoms with Gasteiger partial charge >= 0.3 is 0 Å². The smallest absolute Gasteiger partial charge is 0.0752 e. The zero-order valence-corrected chi connectivity index (χ0v) is 11.2. The molecule has 1 unspecified atom stereocenters. The molecular formula is C14H12BrCl. The molecule has 82 valence electrons. The number of halogens is 2. The van der Waals surface area contributed by atoms with Crippen LogP contribution in [-0.4, -0.2) is 4.83 Å². The van der Waals surface area contributed by atoms with Gasteiger partial charge in [0.1, 0.15) is 0 Å². The van der Waals surface area contributed by atoms with Gasteiger partial charge in [-0.05, 0) is 37.1 Å². The van der Waals surface area contributed by atoms with E-state index < -0.39 is 0 Å². The van der Waals surface area contributed by atoms with Crippen LogP contribution in [0.2, 0.25) is 5.02 Å². The molecule has 1 aromatic carbocycles. The van der Waals surface area contributed by atoms with Gasteiger partial charge < -0.3 is 0 Å². The zero-order valence-electron chi connectivity index (χ0n) is 8.84.